The highest BCUT2D eigenvalue weighted by Crippen LogP contribution is 2.34. The highest BCUT2D eigenvalue weighted by Gasteiger charge is 2.36. The van der Waals surface area contributed by atoms with Crippen LogP contribution in [0.3, 0.4) is 0 Å². The Bertz CT molecular complexity index is 575. The Morgan fingerprint density at radius 2 is 2.05 bits per heavy atom. The molecule has 1 aliphatic heterocycles. The van der Waals surface area contributed by atoms with Crippen LogP contribution in [0.2, 0.25) is 0 Å². The van der Waals surface area contributed by atoms with E-state index in [4.69, 9.17) is 5.73 Å². The molecule has 1 aliphatic rings. The third-order valence-corrected chi connectivity index (χ3v) is 4.14. The number of hydrogen-bond donors (Lipinski definition) is 1. The summed E-state index contributed by atoms with van der Waals surface area (Å²) in [5.41, 5.74) is 7.68. The van der Waals surface area contributed by atoms with E-state index >= 15 is 0 Å². The Morgan fingerprint density at radius 3 is 2.67 bits per heavy atom. The first-order chi connectivity index (χ1) is 9.91. The van der Waals surface area contributed by atoms with Crippen LogP contribution in [0.4, 0.5) is 0 Å². The van der Waals surface area contributed by atoms with Crippen molar-refractivity contribution in [2.24, 2.45) is 17.1 Å². The van der Waals surface area contributed by atoms with E-state index < -0.39 is 0 Å². The fourth-order valence-electron chi connectivity index (χ4n) is 2.64. The number of carbonyl (C=O) groups excluding carboxylic acids is 1. The van der Waals surface area contributed by atoms with Gasteiger partial charge in [0.1, 0.15) is 0 Å². The molecule has 21 heavy (non-hydrogen) atoms. The van der Waals surface area contributed by atoms with E-state index in [2.05, 4.69) is 32.6 Å². The standard InChI is InChI=1S/C18H24N2O/c1-18(2,3)16-11-17(21)20(13-16)12-15-8-5-4-7-14(15)9-6-10-19/h4-5,7-8,16H,10-13,19H2,1-3H3. The van der Waals surface area contributed by atoms with Crippen molar-refractivity contribution in [1.82, 2.24) is 4.90 Å². The summed E-state index contributed by atoms with van der Waals surface area (Å²) in [5.74, 6) is 6.65. The lowest BCUT2D eigenvalue weighted by Crippen LogP contribution is -2.27. The zero-order valence-corrected chi connectivity index (χ0v) is 13.1. The molecular formula is C18H24N2O. The predicted molar refractivity (Wildman–Crippen MR) is 85.4 cm³/mol. The van der Waals surface area contributed by atoms with E-state index in [-0.39, 0.29) is 11.3 Å². The smallest absolute Gasteiger partial charge is 0.223 e. The van der Waals surface area contributed by atoms with Crippen molar-refractivity contribution in [2.45, 2.75) is 33.7 Å². The third-order valence-electron chi connectivity index (χ3n) is 4.14. The van der Waals surface area contributed by atoms with Crippen molar-refractivity contribution in [3.05, 3.63) is 35.4 Å². The molecule has 1 saturated heterocycles. The topological polar surface area (TPSA) is 46.3 Å². The predicted octanol–water partition coefficient (Wildman–Crippen LogP) is 2.39. The minimum absolute atomic E-state index is 0.170. The molecule has 1 aromatic carbocycles. The van der Waals surface area contributed by atoms with Crippen LogP contribution in [-0.2, 0) is 11.3 Å². The molecule has 0 bridgehead atoms. The van der Waals surface area contributed by atoms with Gasteiger partial charge in [-0.05, 0) is 23.0 Å². The molecule has 1 aromatic rings. The second-order valence-corrected chi connectivity index (χ2v) is 6.70. The number of likely N-dealkylation sites (tertiary alicyclic amines) is 1. The molecule has 0 aliphatic carbocycles. The van der Waals surface area contributed by atoms with E-state index in [9.17, 15) is 4.79 Å². The molecule has 1 unspecified atom stereocenters. The molecule has 3 heteroatoms. The highest BCUT2D eigenvalue weighted by atomic mass is 16.2. The first-order valence-electron chi connectivity index (χ1n) is 7.46. The normalized spacial score (nSPS) is 18.6. The number of hydrogen-bond acceptors (Lipinski definition) is 2. The average molecular weight is 284 g/mol. The number of carbonyl (C=O) groups is 1. The van der Waals surface area contributed by atoms with E-state index in [1.54, 1.807) is 0 Å². The molecule has 112 valence electrons. The first-order valence-corrected chi connectivity index (χ1v) is 7.46. The minimum Gasteiger partial charge on any atom is -0.338 e. The molecule has 1 heterocycles. The SMILES string of the molecule is CC(C)(C)C1CC(=O)N(Cc2ccccc2C#CCN)C1. The molecule has 0 spiro atoms. The zero-order valence-electron chi connectivity index (χ0n) is 13.1. The van der Waals surface area contributed by atoms with Crippen LogP contribution in [0, 0.1) is 23.2 Å². The van der Waals surface area contributed by atoms with Crippen LogP contribution in [0.5, 0.6) is 0 Å². The van der Waals surface area contributed by atoms with Gasteiger partial charge in [-0.2, -0.15) is 0 Å². The van der Waals surface area contributed by atoms with E-state index in [0.717, 1.165) is 17.7 Å². The van der Waals surface area contributed by atoms with Gasteiger partial charge in [-0.25, -0.2) is 0 Å². The van der Waals surface area contributed by atoms with Gasteiger partial charge in [-0.15, -0.1) is 0 Å². The average Bonchev–Trinajstić information content (AvgIpc) is 2.79. The molecule has 1 amide bonds. The lowest BCUT2D eigenvalue weighted by molar-refractivity contribution is -0.128. The maximum atomic E-state index is 12.2. The van der Waals surface area contributed by atoms with Gasteiger partial charge in [0.15, 0.2) is 0 Å². The summed E-state index contributed by atoms with van der Waals surface area (Å²) in [7, 11) is 0. The molecular weight excluding hydrogens is 260 g/mol. The highest BCUT2D eigenvalue weighted by molar-refractivity contribution is 5.78. The van der Waals surface area contributed by atoms with Crippen LogP contribution in [0.1, 0.15) is 38.3 Å². The van der Waals surface area contributed by atoms with Crippen LogP contribution in [0.25, 0.3) is 0 Å². The fraction of sp³-hybridized carbons (Fsp3) is 0.500. The van der Waals surface area contributed by atoms with Crippen molar-refractivity contribution in [3.8, 4) is 11.8 Å². The molecule has 2 rings (SSSR count). The lowest BCUT2D eigenvalue weighted by atomic mass is 9.80. The summed E-state index contributed by atoms with van der Waals surface area (Å²) >= 11 is 0. The van der Waals surface area contributed by atoms with E-state index in [1.807, 2.05) is 29.2 Å². The largest absolute Gasteiger partial charge is 0.338 e. The number of nitrogens with two attached hydrogens (primary N) is 1. The van der Waals surface area contributed by atoms with Gasteiger partial charge in [0.05, 0.1) is 6.54 Å². The maximum Gasteiger partial charge on any atom is 0.223 e. The monoisotopic (exact) mass is 284 g/mol. The van der Waals surface area contributed by atoms with Crippen LogP contribution < -0.4 is 5.73 Å². The van der Waals surface area contributed by atoms with E-state index in [0.29, 0.717) is 25.4 Å². The Morgan fingerprint density at radius 1 is 1.33 bits per heavy atom. The molecule has 0 aromatic heterocycles. The summed E-state index contributed by atoms with van der Waals surface area (Å²) in [6.45, 7) is 8.43. The third kappa shape index (κ3) is 3.86. The van der Waals surface area contributed by atoms with E-state index in [1.165, 1.54) is 0 Å². The second kappa shape index (κ2) is 6.32. The van der Waals surface area contributed by atoms with Crippen molar-refractivity contribution < 1.29 is 4.79 Å². The fourth-order valence-corrected chi connectivity index (χ4v) is 2.64. The molecule has 0 saturated carbocycles. The van der Waals surface area contributed by atoms with Gasteiger partial charge in [-0.1, -0.05) is 50.8 Å². The number of benzene rings is 1. The van der Waals surface area contributed by atoms with Gasteiger partial charge in [0, 0.05) is 25.1 Å². The van der Waals surface area contributed by atoms with Crippen molar-refractivity contribution in [3.63, 3.8) is 0 Å². The number of rotatable bonds is 2. The van der Waals surface area contributed by atoms with Crippen LogP contribution >= 0.6 is 0 Å². The van der Waals surface area contributed by atoms with Gasteiger partial charge < -0.3 is 10.6 Å². The lowest BCUT2D eigenvalue weighted by Gasteiger charge is -2.26. The Labute approximate surface area is 127 Å². The molecule has 1 fully saturated rings. The Hall–Kier alpha value is -1.79. The molecule has 0 radical (unpaired) electrons. The van der Waals surface area contributed by atoms with Gasteiger partial charge >= 0.3 is 0 Å². The summed E-state index contributed by atoms with van der Waals surface area (Å²) < 4.78 is 0. The summed E-state index contributed by atoms with van der Waals surface area (Å²) in [6.07, 6.45) is 0.653. The maximum absolute atomic E-state index is 12.2. The van der Waals surface area contributed by atoms with Crippen molar-refractivity contribution in [1.29, 1.82) is 0 Å². The van der Waals surface area contributed by atoms with Crippen LogP contribution in [-0.4, -0.2) is 23.9 Å². The number of amides is 1. The van der Waals surface area contributed by atoms with Gasteiger partial charge in [-0.3, -0.25) is 4.79 Å². The van der Waals surface area contributed by atoms with Gasteiger partial charge in [0.25, 0.3) is 0 Å². The molecule has 2 N–H and O–H groups in total. The number of nitrogens with zero attached hydrogens (tertiary/aromatic N) is 1. The summed E-state index contributed by atoms with van der Waals surface area (Å²) in [4.78, 5) is 14.2. The quantitative estimate of drug-likeness (QED) is 0.848. The zero-order chi connectivity index (χ0) is 15.5. The second-order valence-electron chi connectivity index (χ2n) is 6.70. The minimum atomic E-state index is 0.170. The Kier molecular flexibility index (Phi) is 4.69. The molecule has 1 atom stereocenters. The summed E-state index contributed by atoms with van der Waals surface area (Å²) in [5, 5.41) is 0. The van der Waals surface area contributed by atoms with Gasteiger partial charge in [0.2, 0.25) is 5.91 Å². The Balaban J connectivity index is 2.14. The van der Waals surface area contributed by atoms with Crippen LogP contribution in [0.15, 0.2) is 24.3 Å². The summed E-state index contributed by atoms with van der Waals surface area (Å²) in [6, 6.07) is 7.98. The first kappa shape index (κ1) is 15.6. The van der Waals surface area contributed by atoms with Crippen molar-refractivity contribution >= 4 is 5.91 Å². The van der Waals surface area contributed by atoms with Crippen molar-refractivity contribution in [2.75, 3.05) is 13.1 Å². The molecule has 3 nitrogen and oxygen atoms in total.